The average Bonchev–Trinajstić information content (AvgIpc) is 3.76. The van der Waals surface area contributed by atoms with E-state index >= 15 is 0 Å². The molecular weight excluding hydrogens is 749 g/mol. The van der Waals surface area contributed by atoms with E-state index in [2.05, 4.69) is 16.7 Å². The summed E-state index contributed by atoms with van der Waals surface area (Å²) in [5.41, 5.74) is 18.1. The fraction of sp³-hybridized carbons (Fsp3) is 0.447. The van der Waals surface area contributed by atoms with Crippen LogP contribution in [0.2, 0.25) is 0 Å². The highest BCUT2D eigenvalue weighted by molar-refractivity contribution is 5.92. The number of nitrogens with two attached hydrogens (primary N) is 2. The van der Waals surface area contributed by atoms with Gasteiger partial charge in [0.1, 0.15) is 58.1 Å². The van der Waals surface area contributed by atoms with Crippen molar-refractivity contribution in [2.75, 3.05) is 6.54 Å². The van der Waals surface area contributed by atoms with Crippen molar-refractivity contribution < 1.29 is 34.0 Å². The monoisotopic (exact) mass is 802 g/mol. The Morgan fingerprint density at radius 1 is 1.12 bits per heavy atom. The Labute approximate surface area is 343 Å². The number of fused-ring (bicyclic) bond motifs is 5. The van der Waals surface area contributed by atoms with Crippen LogP contribution in [0.25, 0.3) is 11.0 Å². The lowest BCUT2D eigenvalue weighted by Crippen LogP contribution is -2.57. The van der Waals surface area contributed by atoms with Gasteiger partial charge in [0.2, 0.25) is 0 Å². The Morgan fingerprint density at radius 3 is 2.68 bits per heavy atom. The normalized spacial score (nSPS) is 27.9. The van der Waals surface area contributed by atoms with Crippen LogP contribution in [-0.4, -0.2) is 45.7 Å². The van der Waals surface area contributed by atoms with Gasteiger partial charge in [0.25, 0.3) is 0 Å². The number of phenolic OH excluding ortho intramolecular Hbond substituents is 2. The van der Waals surface area contributed by atoms with Crippen molar-refractivity contribution in [3.8, 4) is 17.2 Å². The number of benzene rings is 2. The third-order valence-corrected chi connectivity index (χ3v) is 13.9. The summed E-state index contributed by atoms with van der Waals surface area (Å²) < 4.78 is 20.6. The van der Waals surface area contributed by atoms with Crippen LogP contribution in [0.5, 0.6) is 17.2 Å². The zero-order valence-corrected chi connectivity index (χ0v) is 33.7. The molecule has 310 valence electrons. The van der Waals surface area contributed by atoms with Gasteiger partial charge in [-0.15, -0.1) is 0 Å². The summed E-state index contributed by atoms with van der Waals surface area (Å²) in [4.78, 5) is 28.5. The first-order valence-corrected chi connectivity index (χ1v) is 21.1. The molecule has 12 nitrogen and oxygen atoms in total. The fourth-order valence-electron chi connectivity index (χ4n) is 10.9. The number of phenols is 2. The number of hydrogen-bond acceptors (Lipinski definition) is 12. The number of aromatic hydroxyl groups is 2. The fourth-order valence-corrected chi connectivity index (χ4v) is 10.9. The van der Waals surface area contributed by atoms with Crippen molar-refractivity contribution in [1.82, 2.24) is 10.6 Å². The van der Waals surface area contributed by atoms with Crippen molar-refractivity contribution in [3.05, 3.63) is 121 Å². The molecule has 6 aliphatic rings. The summed E-state index contributed by atoms with van der Waals surface area (Å²) in [7, 11) is 0. The number of carbonyl (C=O) groups excluding carboxylic acids is 1. The predicted octanol–water partition coefficient (Wildman–Crippen LogP) is 5.77. The Morgan fingerprint density at radius 2 is 1.93 bits per heavy atom. The number of ether oxygens (including phenoxy) is 2. The number of nitrogens with one attached hydrogen (secondary N) is 2. The highest BCUT2D eigenvalue weighted by Gasteiger charge is 2.54. The number of hydrogen-bond donors (Lipinski definition) is 7. The number of allylic oxidation sites excluding steroid dienone is 5. The van der Waals surface area contributed by atoms with Gasteiger partial charge in [-0.25, -0.2) is 4.79 Å². The summed E-state index contributed by atoms with van der Waals surface area (Å²) in [6, 6.07) is 6.69. The van der Waals surface area contributed by atoms with E-state index in [9.17, 15) is 24.9 Å². The minimum atomic E-state index is -1.18. The summed E-state index contributed by atoms with van der Waals surface area (Å²) in [5.74, 6) is -0.457. The molecule has 6 atom stereocenters. The molecule has 0 spiro atoms. The number of aryl methyl sites for hydroxylation is 1. The summed E-state index contributed by atoms with van der Waals surface area (Å²) >= 11 is 0. The van der Waals surface area contributed by atoms with Gasteiger partial charge >= 0.3 is 5.97 Å². The topological polar surface area (TPSA) is 203 Å². The molecule has 0 amide bonds. The molecule has 4 aliphatic heterocycles. The zero-order chi connectivity index (χ0) is 41.2. The van der Waals surface area contributed by atoms with Gasteiger partial charge in [0, 0.05) is 53.8 Å². The quantitative estimate of drug-likeness (QED) is 0.117. The Balaban J connectivity index is 1.34. The van der Waals surface area contributed by atoms with Gasteiger partial charge < -0.3 is 51.3 Å². The molecule has 0 radical (unpaired) electrons. The Bertz CT molecular complexity index is 2440. The van der Waals surface area contributed by atoms with E-state index in [1.165, 1.54) is 6.07 Å². The molecule has 4 bridgehead atoms. The molecule has 3 aromatic rings. The molecule has 9 rings (SSSR count). The number of esters is 1. The molecule has 1 fully saturated rings. The molecule has 1 unspecified atom stereocenters. The van der Waals surface area contributed by atoms with Gasteiger partial charge in [-0.3, -0.25) is 4.79 Å². The molecular formula is C47H54N4O8. The highest BCUT2D eigenvalue weighted by Crippen LogP contribution is 2.57. The minimum Gasteiger partial charge on any atom is -0.508 e. The molecule has 9 N–H and O–H groups in total. The van der Waals surface area contributed by atoms with E-state index in [0.717, 1.165) is 60.0 Å². The van der Waals surface area contributed by atoms with Crippen molar-refractivity contribution >= 4 is 16.9 Å². The van der Waals surface area contributed by atoms with Gasteiger partial charge in [-0.2, -0.15) is 0 Å². The van der Waals surface area contributed by atoms with Crippen molar-refractivity contribution in [3.63, 3.8) is 0 Å². The Kier molecular flexibility index (Phi) is 10.1. The van der Waals surface area contributed by atoms with Gasteiger partial charge in [-0.05, 0) is 117 Å². The van der Waals surface area contributed by atoms with E-state index < -0.39 is 35.6 Å². The van der Waals surface area contributed by atoms with Gasteiger partial charge in [-0.1, -0.05) is 37.1 Å². The average molecular weight is 803 g/mol. The third kappa shape index (κ3) is 6.79. The first kappa shape index (κ1) is 39.0. The predicted molar refractivity (Wildman–Crippen MR) is 223 cm³/mol. The second-order valence-electron chi connectivity index (χ2n) is 17.3. The lowest BCUT2D eigenvalue weighted by molar-refractivity contribution is -0.166. The maximum atomic E-state index is 14.4. The minimum absolute atomic E-state index is 0.0394. The number of carbonyl (C=O) groups is 1. The van der Waals surface area contributed by atoms with Crippen LogP contribution < -0.4 is 32.3 Å². The number of aliphatic hydroxyl groups excluding tert-OH is 1. The highest BCUT2D eigenvalue weighted by atomic mass is 16.6. The van der Waals surface area contributed by atoms with Crippen LogP contribution in [-0.2, 0) is 35.4 Å². The molecule has 2 aromatic carbocycles. The second kappa shape index (κ2) is 15.3. The van der Waals surface area contributed by atoms with Crippen LogP contribution in [0.1, 0.15) is 92.7 Å². The van der Waals surface area contributed by atoms with E-state index in [1.54, 1.807) is 12.1 Å². The maximum absolute atomic E-state index is 14.4. The van der Waals surface area contributed by atoms with Crippen LogP contribution in [0.3, 0.4) is 0 Å². The maximum Gasteiger partial charge on any atom is 0.334 e. The molecule has 1 saturated carbocycles. The largest absolute Gasteiger partial charge is 0.508 e. The van der Waals surface area contributed by atoms with Crippen LogP contribution >= 0.6 is 0 Å². The van der Waals surface area contributed by atoms with Crippen LogP contribution in [0.4, 0.5) is 0 Å². The lowest BCUT2D eigenvalue weighted by Gasteiger charge is -2.49. The molecule has 2 aliphatic carbocycles. The van der Waals surface area contributed by atoms with Crippen molar-refractivity contribution in [2.24, 2.45) is 29.2 Å². The molecule has 5 heterocycles. The number of rotatable bonds is 6. The molecule has 59 heavy (non-hydrogen) atoms. The van der Waals surface area contributed by atoms with Crippen molar-refractivity contribution in [1.29, 1.82) is 0 Å². The second-order valence-corrected chi connectivity index (χ2v) is 17.3. The summed E-state index contributed by atoms with van der Waals surface area (Å²) in [6.45, 7) is 3.81. The van der Waals surface area contributed by atoms with Gasteiger partial charge in [0.05, 0.1) is 6.17 Å². The standard InChI is InChI=1S/C47H54N4O8/c1-3-32(26-6-4-5-7-26)46(56)58-37-21-35-42(55)41-36(54)20-31(23-52)57-44(41)40-34-19-28-18-30(53)12-11-25(28)9-10-27(39-33(34)14-15-50-45(39)49)17-29(47(37,2)59-43(35)40)16-24-8-13-38(48)51-22-24/h3,8,11-14,18,20,22,26-27,29,34,37-38,50-53,55H,4-7,9-10,15-17,19,21,23,48-49H2,1-2H3/b32-3-/t27-,29-,34+,37-,38?,47+/m1/s1. The van der Waals surface area contributed by atoms with E-state index in [1.807, 2.05) is 44.3 Å². The van der Waals surface area contributed by atoms with E-state index in [-0.39, 0.29) is 58.6 Å². The van der Waals surface area contributed by atoms with Crippen LogP contribution in [0.15, 0.2) is 92.1 Å². The molecule has 0 saturated heterocycles. The first-order valence-electron chi connectivity index (χ1n) is 21.1. The summed E-state index contributed by atoms with van der Waals surface area (Å²) in [6.07, 6.45) is 15.6. The zero-order valence-electron chi connectivity index (χ0n) is 33.7. The van der Waals surface area contributed by atoms with Crippen molar-refractivity contribution in [2.45, 2.75) is 108 Å². The third-order valence-electron chi connectivity index (χ3n) is 13.9. The first-order chi connectivity index (χ1) is 28.5. The molecule has 1 aromatic heterocycles. The number of dihydropyridines is 2. The summed E-state index contributed by atoms with van der Waals surface area (Å²) in [5, 5.41) is 40.1. The van der Waals surface area contributed by atoms with Gasteiger partial charge in [0.15, 0.2) is 5.43 Å². The Hall–Kier alpha value is -5.46. The SMILES string of the molecule is C/C=C(\C(=O)O[C@@H]1Cc2c3c(c4oc(CO)cc(=O)c4c2O)[C@H]2Cc4cc(O)ccc4CC[C@H](C[C@@H](CC4=CNC(N)C=C4)[C@]1(C)O3)C1=C(N)NCC=C12)C1CCCC1. The lowest BCUT2D eigenvalue weighted by atomic mass is 9.67. The van der Waals surface area contributed by atoms with E-state index in [0.29, 0.717) is 60.5 Å². The van der Waals surface area contributed by atoms with E-state index in [4.69, 9.17) is 25.4 Å². The number of aliphatic hydroxyl groups is 1. The van der Waals surface area contributed by atoms with Crippen LogP contribution in [0, 0.1) is 17.8 Å². The smallest absolute Gasteiger partial charge is 0.334 e. The molecule has 12 heteroatoms.